The van der Waals surface area contributed by atoms with Crippen LogP contribution in [0.3, 0.4) is 0 Å². The number of amides is 2. The van der Waals surface area contributed by atoms with Gasteiger partial charge in [0.05, 0.1) is 6.54 Å². The minimum atomic E-state index is -1.12. The number of aromatic nitrogens is 1. The van der Waals surface area contributed by atoms with Crippen molar-refractivity contribution in [1.29, 1.82) is 0 Å². The van der Waals surface area contributed by atoms with Crippen molar-refractivity contribution in [2.75, 3.05) is 6.54 Å². The van der Waals surface area contributed by atoms with Crippen molar-refractivity contribution < 1.29 is 24.0 Å². The third-order valence-corrected chi connectivity index (χ3v) is 3.87. The fraction of sp³-hybridized carbons (Fsp3) is 0.333. The van der Waals surface area contributed by atoms with E-state index in [1.165, 1.54) is 6.07 Å². The van der Waals surface area contributed by atoms with E-state index in [1.807, 2.05) is 13.8 Å². The van der Waals surface area contributed by atoms with Gasteiger partial charge in [0, 0.05) is 16.7 Å². The molecule has 0 saturated carbocycles. The average molecular weight is 394 g/mol. The maximum Gasteiger partial charge on any atom is 0.326 e. The van der Waals surface area contributed by atoms with Crippen LogP contribution in [0.5, 0.6) is 0 Å². The summed E-state index contributed by atoms with van der Waals surface area (Å²) in [4.78, 5) is 35.1. The van der Waals surface area contributed by atoms with E-state index < -0.39 is 23.8 Å². The molecule has 0 saturated heterocycles. The second kappa shape index (κ2) is 9.18. The third-order valence-electron chi connectivity index (χ3n) is 3.62. The molecule has 2 rings (SSSR count). The minimum absolute atomic E-state index is 0.00437. The molecule has 1 heterocycles. The molecule has 0 spiro atoms. The number of hydrogen-bond acceptors (Lipinski definition) is 5. The molecule has 0 fully saturated rings. The zero-order valence-corrected chi connectivity index (χ0v) is 15.6. The van der Waals surface area contributed by atoms with Crippen LogP contribution in [-0.4, -0.2) is 40.6 Å². The van der Waals surface area contributed by atoms with Crippen LogP contribution < -0.4 is 10.6 Å². The molecule has 0 bridgehead atoms. The molecular weight excluding hydrogens is 374 g/mol. The number of rotatable bonds is 8. The van der Waals surface area contributed by atoms with Gasteiger partial charge in [-0.2, -0.15) is 0 Å². The predicted molar refractivity (Wildman–Crippen MR) is 98.3 cm³/mol. The Hall–Kier alpha value is -2.87. The van der Waals surface area contributed by atoms with E-state index in [4.69, 9.17) is 21.2 Å². The normalized spacial score (nSPS) is 11.9. The molecule has 9 heteroatoms. The van der Waals surface area contributed by atoms with Crippen LogP contribution in [0, 0.1) is 5.92 Å². The molecule has 27 heavy (non-hydrogen) atoms. The zero-order valence-electron chi connectivity index (χ0n) is 14.9. The predicted octanol–water partition coefficient (Wildman–Crippen LogP) is 2.34. The van der Waals surface area contributed by atoms with Gasteiger partial charge in [0.1, 0.15) is 6.04 Å². The number of aliphatic carboxylic acids is 1. The summed E-state index contributed by atoms with van der Waals surface area (Å²) >= 11 is 5.82. The molecule has 3 N–H and O–H groups in total. The van der Waals surface area contributed by atoms with Gasteiger partial charge in [0.15, 0.2) is 11.5 Å². The van der Waals surface area contributed by atoms with Crippen molar-refractivity contribution >= 4 is 29.4 Å². The maximum atomic E-state index is 12.1. The van der Waals surface area contributed by atoms with Gasteiger partial charge in [0.2, 0.25) is 5.91 Å². The second-order valence-corrected chi connectivity index (χ2v) is 6.79. The number of hydrogen-bond donors (Lipinski definition) is 3. The van der Waals surface area contributed by atoms with Crippen LogP contribution in [-0.2, 0) is 9.59 Å². The van der Waals surface area contributed by atoms with Crippen LogP contribution in [0.25, 0.3) is 11.3 Å². The zero-order chi connectivity index (χ0) is 20.0. The van der Waals surface area contributed by atoms with Gasteiger partial charge in [-0.05, 0) is 36.6 Å². The summed E-state index contributed by atoms with van der Waals surface area (Å²) in [6.07, 6.45) is 0.294. The van der Waals surface area contributed by atoms with E-state index in [-0.39, 0.29) is 18.2 Å². The summed E-state index contributed by atoms with van der Waals surface area (Å²) in [7, 11) is 0. The highest BCUT2D eigenvalue weighted by molar-refractivity contribution is 6.30. The lowest BCUT2D eigenvalue weighted by molar-refractivity contribution is -0.142. The van der Waals surface area contributed by atoms with Crippen LogP contribution in [0.2, 0.25) is 5.02 Å². The fourth-order valence-corrected chi connectivity index (χ4v) is 2.45. The number of nitrogens with zero attached hydrogens (tertiary/aromatic N) is 1. The lowest BCUT2D eigenvalue weighted by Gasteiger charge is -2.16. The van der Waals surface area contributed by atoms with Crippen molar-refractivity contribution in [3.05, 3.63) is 41.0 Å². The molecule has 1 aromatic carbocycles. The van der Waals surface area contributed by atoms with Crippen LogP contribution >= 0.6 is 11.6 Å². The molecule has 0 aliphatic carbocycles. The summed E-state index contributed by atoms with van der Waals surface area (Å²) in [6, 6.07) is 7.24. The Labute approximate surface area is 160 Å². The van der Waals surface area contributed by atoms with Gasteiger partial charge in [-0.3, -0.25) is 9.59 Å². The van der Waals surface area contributed by atoms with E-state index in [0.29, 0.717) is 22.8 Å². The second-order valence-electron chi connectivity index (χ2n) is 6.35. The average Bonchev–Trinajstić information content (AvgIpc) is 3.09. The number of nitrogens with one attached hydrogen (secondary N) is 2. The SMILES string of the molecule is CC(C)C[C@H](NC(=O)CNC(=O)c1cc(-c2ccc(Cl)cc2)on1)C(=O)O. The molecule has 144 valence electrons. The number of carbonyl (C=O) groups is 3. The van der Waals surface area contributed by atoms with Gasteiger partial charge in [-0.1, -0.05) is 30.6 Å². The quantitative estimate of drug-likeness (QED) is 0.632. The number of carboxylic acids is 1. The summed E-state index contributed by atoms with van der Waals surface area (Å²) in [5.74, 6) is -1.85. The molecule has 0 radical (unpaired) electrons. The molecule has 0 unspecified atom stereocenters. The van der Waals surface area contributed by atoms with E-state index >= 15 is 0 Å². The standard InChI is InChI=1S/C18H20ClN3O5/c1-10(2)7-14(18(25)26)21-16(23)9-20-17(24)13-8-15(27-22-13)11-3-5-12(19)6-4-11/h3-6,8,10,14H,7,9H2,1-2H3,(H,20,24)(H,21,23)(H,25,26)/t14-/m0/s1. The van der Waals surface area contributed by atoms with Crippen molar-refractivity contribution in [3.63, 3.8) is 0 Å². The van der Waals surface area contributed by atoms with Gasteiger partial charge in [-0.25, -0.2) is 4.79 Å². The Morgan fingerprint density at radius 3 is 2.48 bits per heavy atom. The third kappa shape index (κ3) is 6.10. The highest BCUT2D eigenvalue weighted by Crippen LogP contribution is 2.22. The van der Waals surface area contributed by atoms with Crippen molar-refractivity contribution in [3.8, 4) is 11.3 Å². The highest BCUT2D eigenvalue weighted by Gasteiger charge is 2.21. The summed E-state index contributed by atoms with van der Waals surface area (Å²) in [5.41, 5.74) is 0.700. The number of benzene rings is 1. The molecule has 0 aliphatic heterocycles. The van der Waals surface area contributed by atoms with Gasteiger partial charge < -0.3 is 20.3 Å². The smallest absolute Gasteiger partial charge is 0.326 e. The Morgan fingerprint density at radius 2 is 1.89 bits per heavy atom. The highest BCUT2D eigenvalue weighted by atomic mass is 35.5. The number of carboxylic acid groups (broad SMARTS) is 1. The van der Waals surface area contributed by atoms with E-state index in [1.54, 1.807) is 24.3 Å². The van der Waals surface area contributed by atoms with Gasteiger partial charge >= 0.3 is 5.97 Å². The maximum absolute atomic E-state index is 12.1. The van der Waals surface area contributed by atoms with Crippen LogP contribution in [0.1, 0.15) is 30.8 Å². The first-order valence-corrected chi connectivity index (χ1v) is 8.67. The summed E-state index contributed by atoms with van der Waals surface area (Å²) in [5, 5.41) is 18.1. The van der Waals surface area contributed by atoms with E-state index in [9.17, 15) is 14.4 Å². The molecule has 1 aromatic heterocycles. The van der Waals surface area contributed by atoms with Crippen molar-refractivity contribution in [2.45, 2.75) is 26.3 Å². The molecule has 0 aliphatic rings. The van der Waals surface area contributed by atoms with Crippen LogP contribution in [0.15, 0.2) is 34.9 Å². The summed E-state index contributed by atoms with van der Waals surface area (Å²) in [6.45, 7) is 3.34. The van der Waals surface area contributed by atoms with E-state index in [2.05, 4.69) is 15.8 Å². The lowest BCUT2D eigenvalue weighted by atomic mass is 10.0. The number of carbonyl (C=O) groups excluding carboxylic acids is 2. The molecule has 1 atom stereocenters. The Kier molecular flexibility index (Phi) is 6.95. The molecule has 2 aromatic rings. The monoisotopic (exact) mass is 393 g/mol. The minimum Gasteiger partial charge on any atom is -0.480 e. The van der Waals surface area contributed by atoms with Gasteiger partial charge in [-0.15, -0.1) is 0 Å². The largest absolute Gasteiger partial charge is 0.480 e. The molecular formula is C18H20ClN3O5. The van der Waals surface area contributed by atoms with E-state index in [0.717, 1.165) is 0 Å². The molecule has 2 amide bonds. The Morgan fingerprint density at radius 1 is 1.22 bits per heavy atom. The molecule has 8 nitrogen and oxygen atoms in total. The van der Waals surface area contributed by atoms with Gasteiger partial charge in [0.25, 0.3) is 5.91 Å². The summed E-state index contributed by atoms with van der Waals surface area (Å²) < 4.78 is 5.13. The Bertz CT molecular complexity index is 817. The van der Waals surface area contributed by atoms with Crippen LogP contribution in [0.4, 0.5) is 0 Å². The lowest BCUT2D eigenvalue weighted by Crippen LogP contribution is -2.46. The first kappa shape index (κ1) is 20.4. The van der Waals surface area contributed by atoms with Crippen molar-refractivity contribution in [1.82, 2.24) is 15.8 Å². The Balaban J connectivity index is 1.91. The fourth-order valence-electron chi connectivity index (χ4n) is 2.32. The first-order valence-electron chi connectivity index (χ1n) is 8.29. The number of halogens is 1. The first-order chi connectivity index (χ1) is 12.8. The topological polar surface area (TPSA) is 122 Å². The van der Waals surface area contributed by atoms with Crippen molar-refractivity contribution in [2.24, 2.45) is 5.92 Å².